The number of aromatic nitrogens is 1. The van der Waals surface area contributed by atoms with E-state index in [4.69, 9.17) is 4.74 Å². The van der Waals surface area contributed by atoms with Crippen LogP contribution in [0.3, 0.4) is 0 Å². The SMILES string of the molecule is C=C/C=C(\C(C=C)=C/C)c1[nH]c2cc(C(=O)OC(C)(C)C)ccc2c1C(CCC)CCC. The molecule has 0 unspecified atom stereocenters. The predicted molar refractivity (Wildman–Crippen MR) is 138 cm³/mol. The van der Waals surface area contributed by atoms with Crippen molar-refractivity contribution in [2.24, 2.45) is 0 Å². The van der Waals surface area contributed by atoms with E-state index in [2.05, 4.69) is 44.1 Å². The third kappa shape index (κ3) is 5.91. The molecule has 0 aliphatic rings. The first kappa shape index (κ1) is 25.5. The third-order valence-electron chi connectivity index (χ3n) is 5.55. The number of rotatable bonds is 10. The van der Waals surface area contributed by atoms with E-state index in [9.17, 15) is 4.79 Å². The first-order chi connectivity index (χ1) is 15.2. The molecule has 0 aliphatic carbocycles. The van der Waals surface area contributed by atoms with Crippen LogP contribution in [0.1, 0.15) is 94.8 Å². The van der Waals surface area contributed by atoms with Crippen molar-refractivity contribution in [3.8, 4) is 0 Å². The Kier molecular flexibility index (Phi) is 8.89. The Balaban J connectivity index is 2.78. The van der Waals surface area contributed by atoms with Gasteiger partial charge in [0.2, 0.25) is 0 Å². The molecule has 1 N–H and O–H groups in total. The van der Waals surface area contributed by atoms with Crippen LogP contribution < -0.4 is 0 Å². The Bertz CT molecular complexity index is 1020. The van der Waals surface area contributed by atoms with E-state index < -0.39 is 5.60 Å². The smallest absolute Gasteiger partial charge is 0.338 e. The fraction of sp³-hybridized carbons (Fsp3) is 0.414. The lowest BCUT2D eigenvalue weighted by molar-refractivity contribution is 0.00697. The molecule has 3 nitrogen and oxygen atoms in total. The number of esters is 1. The van der Waals surface area contributed by atoms with Crippen molar-refractivity contribution in [3.05, 3.63) is 78.1 Å². The van der Waals surface area contributed by atoms with Crippen molar-refractivity contribution >= 4 is 22.4 Å². The zero-order valence-electron chi connectivity index (χ0n) is 20.7. The van der Waals surface area contributed by atoms with Gasteiger partial charge in [0.1, 0.15) is 5.60 Å². The van der Waals surface area contributed by atoms with Crippen LogP contribution >= 0.6 is 0 Å². The van der Waals surface area contributed by atoms with E-state index in [0.29, 0.717) is 11.5 Å². The Morgan fingerprint density at radius 2 is 1.81 bits per heavy atom. The second-order valence-corrected chi connectivity index (χ2v) is 9.21. The third-order valence-corrected chi connectivity index (χ3v) is 5.55. The van der Waals surface area contributed by atoms with Gasteiger partial charge in [0.25, 0.3) is 0 Å². The van der Waals surface area contributed by atoms with Crippen molar-refractivity contribution < 1.29 is 9.53 Å². The Labute approximate surface area is 194 Å². The number of carbonyl (C=O) groups excluding carboxylic acids is 1. The van der Waals surface area contributed by atoms with E-state index in [1.165, 1.54) is 5.56 Å². The van der Waals surface area contributed by atoms with Crippen LogP contribution in [0.15, 0.2) is 61.2 Å². The lowest BCUT2D eigenvalue weighted by atomic mass is 9.85. The molecule has 1 aromatic carbocycles. The number of fused-ring (bicyclic) bond motifs is 1. The minimum atomic E-state index is -0.532. The molecule has 0 saturated heterocycles. The van der Waals surface area contributed by atoms with E-state index in [1.807, 2.05) is 58.1 Å². The number of allylic oxidation sites excluding steroid dienone is 6. The van der Waals surface area contributed by atoms with Gasteiger partial charge in [-0.1, -0.05) is 70.2 Å². The summed E-state index contributed by atoms with van der Waals surface area (Å²) in [5.41, 5.74) is 5.49. The normalized spacial score (nSPS) is 13.0. The van der Waals surface area contributed by atoms with Gasteiger partial charge in [0.05, 0.1) is 11.3 Å². The minimum absolute atomic E-state index is 0.308. The van der Waals surface area contributed by atoms with Crippen molar-refractivity contribution in [2.75, 3.05) is 0 Å². The second kappa shape index (κ2) is 11.2. The average molecular weight is 434 g/mol. The summed E-state index contributed by atoms with van der Waals surface area (Å²) in [6.07, 6.45) is 12.3. The number of hydrogen-bond donors (Lipinski definition) is 1. The molecule has 32 heavy (non-hydrogen) atoms. The maximum atomic E-state index is 12.7. The quantitative estimate of drug-likeness (QED) is 0.301. The molecular formula is C29H39NO2. The molecule has 1 heterocycles. The molecule has 0 radical (unpaired) electrons. The molecule has 3 heteroatoms. The van der Waals surface area contributed by atoms with Gasteiger partial charge in [-0.2, -0.15) is 0 Å². The first-order valence-electron chi connectivity index (χ1n) is 11.7. The molecule has 1 aromatic heterocycles. The zero-order chi connectivity index (χ0) is 23.9. The maximum absolute atomic E-state index is 12.7. The number of H-pyrrole nitrogens is 1. The lowest BCUT2D eigenvalue weighted by Gasteiger charge is -2.20. The number of ether oxygens (including phenoxy) is 1. The maximum Gasteiger partial charge on any atom is 0.338 e. The molecular weight excluding hydrogens is 394 g/mol. The number of benzene rings is 1. The standard InChI is InChI=1S/C29H39NO2/c1-9-14-21(15-10-2)26-24-18-17-22(28(31)32-29(6,7)8)19-25(24)30-27(26)23(16-11-3)20(12-4)13-5/h11-13,16-19,21,30H,3-4,9-10,14-15H2,1-2,5-8H3/b20-13-,23-16+. The number of hydrogen-bond acceptors (Lipinski definition) is 2. The first-order valence-corrected chi connectivity index (χ1v) is 11.7. The number of aromatic amines is 1. The predicted octanol–water partition coefficient (Wildman–Crippen LogP) is 8.51. The number of carbonyl (C=O) groups is 1. The highest BCUT2D eigenvalue weighted by atomic mass is 16.6. The van der Waals surface area contributed by atoms with Gasteiger partial charge < -0.3 is 9.72 Å². The molecule has 0 bridgehead atoms. The summed E-state index contributed by atoms with van der Waals surface area (Å²) in [7, 11) is 0. The molecule has 0 aliphatic heterocycles. The summed E-state index contributed by atoms with van der Waals surface area (Å²) < 4.78 is 5.59. The van der Waals surface area contributed by atoms with Crippen LogP contribution in [0, 0.1) is 0 Å². The van der Waals surface area contributed by atoms with E-state index in [1.54, 1.807) is 0 Å². The summed E-state index contributed by atoms with van der Waals surface area (Å²) in [5, 5.41) is 1.16. The fourth-order valence-corrected chi connectivity index (χ4v) is 4.27. The molecule has 0 fully saturated rings. The molecule has 172 valence electrons. The largest absolute Gasteiger partial charge is 0.456 e. The van der Waals surface area contributed by atoms with Crippen LogP contribution in [-0.4, -0.2) is 16.6 Å². The van der Waals surface area contributed by atoms with E-state index in [0.717, 1.165) is 53.4 Å². The van der Waals surface area contributed by atoms with Crippen molar-refractivity contribution in [1.82, 2.24) is 4.98 Å². The van der Waals surface area contributed by atoms with E-state index in [-0.39, 0.29) is 5.97 Å². The zero-order valence-corrected chi connectivity index (χ0v) is 20.7. The second-order valence-electron chi connectivity index (χ2n) is 9.21. The van der Waals surface area contributed by atoms with Crippen LogP contribution in [0.5, 0.6) is 0 Å². The monoisotopic (exact) mass is 433 g/mol. The minimum Gasteiger partial charge on any atom is -0.456 e. The summed E-state index contributed by atoms with van der Waals surface area (Å²) in [6.45, 7) is 20.1. The highest BCUT2D eigenvalue weighted by molar-refractivity contribution is 5.99. The summed E-state index contributed by atoms with van der Waals surface area (Å²) >= 11 is 0. The Hall–Kier alpha value is -2.81. The van der Waals surface area contributed by atoms with E-state index >= 15 is 0 Å². The molecule has 0 saturated carbocycles. The van der Waals surface area contributed by atoms with Gasteiger partial charge in [-0.25, -0.2) is 4.79 Å². The van der Waals surface area contributed by atoms with Gasteiger partial charge in [-0.05, 0) is 69.7 Å². The molecule has 0 spiro atoms. The molecule has 0 atom stereocenters. The van der Waals surface area contributed by atoms with Crippen LogP contribution in [0.4, 0.5) is 0 Å². The Morgan fingerprint density at radius 1 is 1.16 bits per heavy atom. The number of nitrogens with one attached hydrogen (secondary N) is 1. The Morgan fingerprint density at radius 3 is 2.31 bits per heavy atom. The summed E-state index contributed by atoms with van der Waals surface area (Å²) in [6, 6.07) is 5.87. The molecule has 2 rings (SSSR count). The van der Waals surface area contributed by atoms with Crippen LogP contribution in [0.2, 0.25) is 0 Å². The van der Waals surface area contributed by atoms with Gasteiger partial charge >= 0.3 is 5.97 Å². The van der Waals surface area contributed by atoms with Gasteiger partial charge in [-0.3, -0.25) is 0 Å². The van der Waals surface area contributed by atoms with Crippen molar-refractivity contribution in [1.29, 1.82) is 0 Å². The van der Waals surface area contributed by atoms with Crippen LogP contribution in [0.25, 0.3) is 16.5 Å². The summed E-state index contributed by atoms with van der Waals surface area (Å²) in [5.74, 6) is 0.120. The molecule has 0 amide bonds. The molecule has 2 aromatic rings. The van der Waals surface area contributed by atoms with Gasteiger partial charge in [0, 0.05) is 16.5 Å². The highest BCUT2D eigenvalue weighted by Gasteiger charge is 2.24. The van der Waals surface area contributed by atoms with Crippen LogP contribution in [-0.2, 0) is 4.74 Å². The van der Waals surface area contributed by atoms with Crippen molar-refractivity contribution in [3.63, 3.8) is 0 Å². The fourth-order valence-electron chi connectivity index (χ4n) is 4.27. The summed E-state index contributed by atoms with van der Waals surface area (Å²) in [4.78, 5) is 16.3. The lowest BCUT2D eigenvalue weighted by Crippen LogP contribution is -2.23. The average Bonchev–Trinajstić information content (AvgIpc) is 3.10. The van der Waals surface area contributed by atoms with Gasteiger partial charge in [-0.15, -0.1) is 0 Å². The highest BCUT2D eigenvalue weighted by Crippen LogP contribution is 2.40. The van der Waals surface area contributed by atoms with Gasteiger partial charge in [0.15, 0.2) is 0 Å². The van der Waals surface area contributed by atoms with Crippen molar-refractivity contribution in [2.45, 2.75) is 78.7 Å². The topological polar surface area (TPSA) is 42.1 Å².